The number of hydrogen-bond acceptors (Lipinski definition) is 4. The molecule has 0 unspecified atom stereocenters. The average molecular weight is 307 g/mol. The fraction of sp³-hybridized carbons (Fsp3) is 0.778. The summed E-state index contributed by atoms with van der Waals surface area (Å²) in [6.07, 6.45) is 16.9. The van der Waals surface area contributed by atoms with Gasteiger partial charge in [-0.2, -0.15) is 0 Å². The van der Waals surface area contributed by atoms with Crippen molar-refractivity contribution in [3.63, 3.8) is 0 Å². The molecule has 0 bridgehead atoms. The van der Waals surface area contributed by atoms with Crippen LogP contribution in [0.2, 0.25) is 0 Å². The number of unbranched alkanes of at least 4 members (excludes halogenated alkanes) is 8. The molecule has 0 aliphatic heterocycles. The summed E-state index contributed by atoms with van der Waals surface area (Å²) in [7, 11) is 0. The van der Waals surface area contributed by atoms with E-state index in [0.717, 1.165) is 31.7 Å². The number of hydrogen-bond donors (Lipinski definition) is 1. The lowest BCUT2D eigenvalue weighted by molar-refractivity contribution is 0.125. The predicted molar refractivity (Wildman–Crippen MR) is 92.8 cm³/mol. The van der Waals surface area contributed by atoms with Crippen LogP contribution < -0.4 is 5.73 Å². The molecule has 0 radical (unpaired) electrons. The number of rotatable bonds is 14. The summed E-state index contributed by atoms with van der Waals surface area (Å²) >= 11 is 0. The third-order valence-electron chi connectivity index (χ3n) is 3.90. The molecule has 0 aromatic carbocycles. The molecule has 0 saturated heterocycles. The monoisotopic (exact) mass is 307 g/mol. The van der Waals surface area contributed by atoms with Crippen molar-refractivity contribution in [2.24, 2.45) is 0 Å². The number of ether oxygens (including phenoxy) is 1. The SMILES string of the molecule is CCCCCCOCCCCCCCCc1nccnc1N. The maximum absolute atomic E-state index is 5.78. The smallest absolute Gasteiger partial charge is 0.145 e. The van der Waals surface area contributed by atoms with E-state index in [0.29, 0.717) is 5.82 Å². The largest absolute Gasteiger partial charge is 0.382 e. The van der Waals surface area contributed by atoms with Gasteiger partial charge in [0.2, 0.25) is 0 Å². The van der Waals surface area contributed by atoms with Crippen LogP contribution in [-0.2, 0) is 11.2 Å². The summed E-state index contributed by atoms with van der Waals surface area (Å²) in [6, 6.07) is 0. The first-order chi connectivity index (χ1) is 10.8. The highest BCUT2D eigenvalue weighted by Crippen LogP contribution is 2.11. The maximum Gasteiger partial charge on any atom is 0.145 e. The van der Waals surface area contributed by atoms with Gasteiger partial charge in [-0.15, -0.1) is 0 Å². The number of nitrogens with two attached hydrogens (primary N) is 1. The van der Waals surface area contributed by atoms with E-state index in [4.69, 9.17) is 10.5 Å². The molecule has 0 saturated carbocycles. The van der Waals surface area contributed by atoms with Gasteiger partial charge in [-0.25, -0.2) is 4.98 Å². The Bertz CT molecular complexity index is 371. The van der Waals surface area contributed by atoms with E-state index >= 15 is 0 Å². The molecular formula is C18H33N3O. The van der Waals surface area contributed by atoms with Crippen molar-refractivity contribution in [1.29, 1.82) is 0 Å². The van der Waals surface area contributed by atoms with Gasteiger partial charge in [0, 0.05) is 25.6 Å². The first-order valence-corrected chi connectivity index (χ1v) is 8.97. The lowest BCUT2D eigenvalue weighted by Crippen LogP contribution is -2.00. The Balaban J connectivity index is 1.81. The van der Waals surface area contributed by atoms with Gasteiger partial charge < -0.3 is 10.5 Å². The Labute approximate surface area is 135 Å². The Hall–Kier alpha value is -1.16. The minimum Gasteiger partial charge on any atom is -0.382 e. The summed E-state index contributed by atoms with van der Waals surface area (Å²) in [5.41, 5.74) is 6.72. The van der Waals surface area contributed by atoms with Gasteiger partial charge in [-0.05, 0) is 25.7 Å². The second-order valence-corrected chi connectivity index (χ2v) is 5.93. The molecule has 0 spiro atoms. The fourth-order valence-corrected chi connectivity index (χ4v) is 2.51. The van der Waals surface area contributed by atoms with Gasteiger partial charge in [0.05, 0.1) is 5.69 Å². The van der Waals surface area contributed by atoms with E-state index in [2.05, 4.69) is 16.9 Å². The Morgan fingerprint density at radius 3 is 2.09 bits per heavy atom. The second-order valence-electron chi connectivity index (χ2n) is 5.93. The van der Waals surface area contributed by atoms with Gasteiger partial charge in [0.25, 0.3) is 0 Å². The molecule has 22 heavy (non-hydrogen) atoms. The van der Waals surface area contributed by atoms with Gasteiger partial charge in [-0.3, -0.25) is 4.98 Å². The van der Waals surface area contributed by atoms with Crippen molar-refractivity contribution in [3.05, 3.63) is 18.1 Å². The van der Waals surface area contributed by atoms with E-state index in [1.54, 1.807) is 12.4 Å². The molecule has 4 nitrogen and oxygen atoms in total. The summed E-state index contributed by atoms with van der Waals surface area (Å²) in [4.78, 5) is 8.33. The Morgan fingerprint density at radius 2 is 1.41 bits per heavy atom. The first kappa shape index (κ1) is 18.9. The third kappa shape index (κ3) is 9.72. The standard InChI is InChI=1S/C18H33N3O/c1-2-3-4-10-15-22-16-11-8-6-5-7-9-12-17-18(19)21-14-13-20-17/h13-14H,2-12,15-16H2,1H3,(H2,19,21). The lowest BCUT2D eigenvalue weighted by Gasteiger charge is -2.05. The normalized spacial score (nSPS) is 11.0. The molecule has 0 atom stereocenters. The van der Waals surface area contributed by atoms with Crippen LogP contribution in [0.25, 0.3) is 0 Å². The number of aromatic nitrogens is 2. The topological polar surface area (TPSA) is 61.0 Å². The Morgan fingerprint density at radius 1 is 0.818 bits per heavy atom. The molecule has 0 aliphatic carbocycles. The lowest BCUT2D eigenvalue weighted by atomic mass is 10.1. The zero-order valence-corrected chi connectivity index (χ0v) is 14.2. The van der Waals surface area contributed by atoms with Crippen LogP contribution in [0.4, 0.5) is 5.82 Å². The number of nitrogen functional groups attached to an aromatic ring is 1. The van der Waals surface area contributed by atoms with Crippen molar-refractivity contribution in [1.82, 2.24) is 9.97 Å². The molecule has 2 N–H and O–H groups in total. The van der Waals surface area contributed by atoms with Gasteiger partial charge in [0.15, 0.2) is 0 Å². The fourth-order valence-electron chi connectivity index (χ4n) is 2.51. The van der Waals surface area contributed by atoms with E-state index < -0.39 is 0 Å². The molecule has 1 rings (SSSR count). The van der Waals surface area contributed by atoms with Crippen molar-refractivity contribution >= 4 is 5.82 Å². The highest BCUT2D eigenvalue weighted by Gasteiger charge is 2.00. The zero-order valence-electron chi connectivity index (χ0n) is 14.2. The summed E-state index contributed by atoms with van der Waals surface area (Å²) < 4.78 is 5.65. The van der Waals surface area contributed by atoms with E-state index in [1.165, 1.54) is 57.8 Å². The van der Waals surface area contributed by atoms with Crippen molar-refractivity contribution < 1.29 is 4.74 Å². The van der Waals surface area contributed by atoms with Gasteiger partial charge >= 0.3 is 0 Å². The summed E-state index contributed by atoms with van der Waals surface area (Å²) in [5.74, 6) is 0.582. The Kier molecular flexibility index (Phi) is 11.6. The number of aryl methyl sites for hydroxylation is 1. The highest BCUT2D eigenvalue weighted by atomic mass is 16.5. The first-order valence-electron chi connectivity index (χ1n) is 8.97. The highest BCUT2D eigenvalue weighted by molar-refractivity contribution is 5.32. The molecule has 4 heteroatoms. The maximum atomic E-state index is 5.78. The van der Waals surface area contributed by atoms with Crippen molar-refractivity contribution in [2.45, 2.75) is 77.6 Å². The molecule has 1 aromatic rings. The molecule has 1 heterocycles. The molecule has 0 amide bonds. The summed E-state index contributed by atoms with van der Waals surface area (Å²) in [5, 5.41) is 0. The molecule has 0 fully saturated rings. The van der Waals surface area contributed by atoms with Crippen LogP contribution in [0.1, 0.15) is 76.8 Å². The second kappa shape index (κ2) is 13.5. The third-order valence-corrected chi connectivity index (χ3v) is 3.90. The zero-order chi connectivity index (χ0) is 15.9. The minimum absolute atomic E-state index is 0.582. The predicted octanol–water partition coefficient (Wildman–Crippen LogP) is 4.54. The van der Waals surface area contributed by atoms with Crippen LogP contribution in [0.3, 0.4) is 0 Å². The van der Waals surface area contributed by atoms with Crippen LogP contribution >= 0.6 is 0 Å². The number of anilines is 1. The minimum atomic E-state index is 0.582. The van der Waals surface area contributed by atoms with Crippen LogP contribution in [0.15, 0.2) is 12.4 Å². The van der Waals surface area contributed by atoms with Crippen molar-refractivity contribution in [2.75, 3.05) is 18.9 Å². The van der Waals surface area contributed by atoms with E-state index in [9.17, 15) is 0 Å². The summed E-state index contributed by atoms with van der Waals surface area (Å²) in [6.45, 7) is 4.12. The van der Waals surface area contributed by atoms with E-state index in [1.807, 2.05) is 0 Å². The van der Waals surface area contributed by atoms with Crippen LogP contribution in [0.5, 0.6) is 0 Å². The van der Waals surface area contributed by atoms with Crippen molar-refractivity contribution in [3.8, 4) is 0 Å². The van der Waals surface area contributed by atoms with Crippen LogP contribution in [0, 0.1) is 0 Å². The number of nitrogens with zero attached hydrogens (tertiary/aromatic N) is 2. The quantitative estimate of drug-likeness (QED) is 0.513. The van der Waals surface area contributed by atoms with E-state index in [-0.39, 0.29) is 0 Å². The molecule has 0 aliphatic rings. The van der Waals surface area contributed by atoms with Gasteiger partial charge in [0.1, 0.15) is 5.82 Å². The molecule has 1 aromatic heterocycles. The van der Waals surface area contributed by atoms with Gasteiger partial charge in [-0.1, -0.05) is 51.9 Å². The average Bonchev–Trinajstić information content (AvgIpc) is 2.53. The molecule has 126 valence electrons. The molecular weight excluding hydrogens is 274 g/mol. The van der Waals surface area contributed by atoms with Crippen LogP contribution in [-0.4, -0.2) is 23.2 Å².